The van der Waals surface area contributed by atoms with Crippen LogP contribution in [0.5, 0.6) is 5.75 Å². The molecule has 0 aliphatic rings. The van der Waals surface area contributed by atoms with Crippen molar-refractivity contribution in [1.29, 1.82) is 0 Å². The summed E-state index contributed by atoms with van der Waals surface area (Å²) >= 11 is 0. The highest BCUT2D eigenvalue weighted by atomic mass is 16.5. The summed E-state index contributed by atoms with van der Waals surface area (Å²) in [7, 11) is 1.62. The van der Waals surface area contributed by atoms with E-state index in [0.29, 0.717) is 5.65 Å². The Morgan fingerprint density at radius 1 is 1.00 bits per heavy atom. The van der Waals surface area contributed by atoms with Crippen LogP contribution >= 0.6 is 0 Å². The van der Waals surface area contributed by atoms with Gasteiger partial charge >= 0.3 is 0 Å². The van der Waals surface area contributed by atoms with Crippen molar-refractivity contribution >= 4 is 45.2 Å². The third-order valence-corrected chi connectivity index (χ3v) is 5.08. The van der Waals surface area contributed by atoms with Gasteiger partial charge in [-0.15, -0.1) is 0 Å². The molecule has 0 radical (unpaired) electrons. The fourth-order valence-electron chi connectivity index (χ4n) is 3.59. The number of hydrazone groups is 1. The number of carbonyl (C=O) groups excluding carboxylic acids is 1. The van der Waals surface area contributed by atoms with Gasteiger partial charge in [0.15, 0.2) is 5.65 Å². The number of methoxy groups -OCH3 is 1. The molecule has 0 saturated heterocycles. The highest BCUT2D eigenvalue weighted by Crippen LogP contribution is 2.28. The summed E-state index contributed by atoms with van der Waals surface area (Å²) in [4.78, 5) is 22.2. The van der Waals surface area contributed by atoms with E-state index < -0.39 is 0 Å². The predicted octanol–water partition coefficient (Wildman–Crippen LogP) is 3.90. The van der Waals surface area contributed by atoms with Crippen LogP contribution in [-0.4, -0.2) is 33.8 Å². The third kappa shape index (κ3) is 3.57. The number of para-hydroxylation sites is 3. The number of fused-ring (bicyclic) bond motifs is 4. The Hall–Kier alpha value is -4.26. The fourth-order valence-corrected chi connectivity index (χ4v) is 3.59. The number of ether oxygens (including phenoxy) is 1. The fraction of sp³-hybridized carbons (Fsp3) is 0.0833. The Labute approximate surface area is 178 Å². The first-order valence-electron chi connectivity index (χ1n) is 9.82. The molecule has 0 bridgehead atoms. The number of amides is 1. The van der Waals surface area contributed by atoms with Gasteiger partial charge in [0.2, 0.25) is 0 Å². The first kappa shape index (κ1) is 18.7. The Bertz CT molecular complexity index is 1440. The summed E-state index contributed by atoms with van der Waals surface area (Å²) in [5.74, 6) is 0.517. The lowest BCUT2D eigenvalue weighted by atomic mass is 10.2. The number of carbonyl (C=O) groups is 1. The second-order valence-corrected chi connectivity index (χ2v) is 7.05. The quantitative estimate of drug-likeness (QED) is 0.353. The maximum absolute atomic E-state index is 12.6. The summed E-state index contributed by atoms with van der Waals surface area (Å²) in [5, 5.41) is 5.04. The molecule has 1 N–H and O–H groups in total. The average molecular weight is 409 g/mol. The first-order valence-corrected chi connectivity index (χ1v) is 9.82. The number of hydrogen-bond acceptors (Lipinski definition) is 5. The van der Waals surface area contributed by atoms with Crippen LogP contribution in [0.1, 0.15) is 5.56 Å². The predicted molar refractivity (Wildman–Crippen MR) is 121 cm³/mol. The molecule has 2 heterocycles. The van der Waals surface area contributed by atoms with Crippen molar-refractivity contribution in [2.75, 3.05) is 7.11 Å². The summed E-state index contributed by atoms with van der Waals surface area (Å²) in [6.07, 6.45) is 1.59. The zero-order valence-corrected chi connectivity index (χ0v) is 16.8. The van der Waals surface area contributed by atoms with Crippen molar-refractivity contribution in [3.63, 3.8) is 0 Å². The van der Waals surface area contributed by atoms with Crippen LogP contribution < -0.4 is 10.2 Å². The summed E-state index contributed by atoms with van der Waals surface area (Å²) in [6, 6.07) is 23.0. The Morgan fingerprint density at radius 2 is 1.71 bits per heavy atom. The van der Waals surface area contributed by atoms with Crippen LogP contribution in [0.2, 0.25) is 0 Å². The molecule has 0 unspecified atom stereocenters. The number of hydrogen-bond donors (Lipinski definition) is 1. The molecule has 5 rings (SSSR count). The molecule has 152 valence electrons. The lowest BCUT2D eigenvalue weighted by Gasteiger charge is -2.06. The smallest absolute Gasteiger partial charge is 0.260 e. The molecule has 0 atom stereocenters. The molecule has 7 heteroatoms. The van der Waals surface area contributed by atoms with E-state index in [9.17, 15) is 4.79 Å². The Balaban J connectivity index is 1.45. The second-order valence-electron chi connectivity index (χ2n) is 7.05. The van der Waals surface area contributed by atoms with E-state index in [1.807, 2.05) is 77.4 Å². The van der Waals surface area contributed by atoms with E-state index in [1.54, 1.807) is 13.3 Å². The zero-order chi connectivity index (χ0) is 21.2. The highest BCUT2D eigenvalue weighted by molar-refractivity contribution is 6.07. The molecule has 0 fully saturated rings. The van der Waals surface area contributed by atoms with Crippen molar-refractivity contribution in [3.05, 3.63) is 78.4 Å². The molecule has 3 aromatic carbocycles. The van der Waals surface area contributed by atoms with Crippen LogP contribution in [0.25, 0.3) is 33.1 Å². The van der Waals surface area contributed by atoms with Gasteiger partial charge in [-0.3, -0.25) is 4.79 Å². The van der Waals surface area contributed by atoms with E-state index in [4.69, 9.17) is 14.7 Å². The lowest BCUT2D eigenvalue weighted by molar-refractivity contribution is -0.121. The van der Waals surface area contributed by atoms with Crippen LogP contribution in [0.15, 0.2) is 77.9 Å². The summed E-state index contributed by atoms with van der Waals surface area (Å²) in [5.41, 5.74) is 7.43. The van der Waals surface area contributed by atoms with Crippen molar-refractivity contribution < 1.29 is 9.53 Å². The topological polar surface area (TPSA) is 81.4 Å². The number of benzene rings is 3. The van der Waals surface area contributed by atoms with Crippen molar-refractivity contribution in [1.82, 2.24) is 20.0 Å². The van der Waals surface area contributed by atoms with E-state index in [0.717, 1.165) is 38.8 Å². The standard InChI is InChI=1S/C24H19N5O2/c1-31-17-12-10-16(11-13-17)14-25-28-22(30)15-29-21-9-5-2-6-18(21)23-24(29)27-20-8-4-3-7-19(20)26-23/h2-14H,15H2,1H3,(H,28,30)/b25-14+. The minimum atomic E-state index is -0.248. The van der Waals surface area contributed by atoms with Crippen molar-refractivity contribution in [3.8, 4) is 5.75 Å². The van der Waals surface area contributed by atoms with Gasteiger partial charge in [-0.2, -0.15) is 5.10 Å². The minimum absolute atomic E-state index is 0.0803. The van der Waals surface area contributed by atoms with Crippen LogP contribution in [0.4, 0.5) is 0 Å². The first-order chi connectivity index (χ1) is 15.2. The van der Waals surface area contributed by atoms with Gasteiger partial charge in [0.05, 0.1) is 29.9 Å². The Kier molecular flexibility index (Phi) is 4.76. The minimum Gasteiger partial charge on any atom is -0.497 e. The van der Waals surface area contributed by atoms with Gasteiger partial charge in [-0.1, -0.05) is 30.3 Å². The maximum Gasteiger partial charge on any atom is 0.260 e. The summed E-state index contributed by atoms with van der Waals surface area (Å²) in [6.45, 7) is 0.0803. The van der Waals surface area contributed by atoms with Gasteiger partial charge < -0.3 is 9.30 Å². The van der Waals surface area contributed by atoms with Gasteiger partial charge in [0, 0.05) is 5.39 Å². The van der Waals surface area contributed by atoms with Gasteiger partial charge in [-0.05, 0) is 48.0 Å². The van der Waals surface area contributed by atoms with Crippen molar-refractivity contribution in [2.45, 2.75) is 6.54 Å². The number of rotatable bonds is 5. The van der Waals surface area contributed by atoms with Crippen LogP contribution in [0.3, 0.4) is 0 Å². The maximum atomic E-state index is 12.6. The molecule has 1 amide bonds. The van der Waals surface area contributed by atoms with E-state index >= 15 is 0 Å². The molecule has 2 aromatic heterocycles. The Morgan fingerprint density at radius 3 is 2.48 bits per heavy atom. The average Bonchev–Trinajstić information content (AvgIpc) is 3.11. The molecule has 0 aliphatic heterocycles. The molecular formula is C24H19N5O2. The van der Waals surface area contributed by atoms with Gasteiger partial charge in [0.25, 0.3) is 5.91 Å². The largest absolute Gasteiger partial charge is 0.497 e. The normalized spacial score (nSPS) is 11.5. The lowest BCUT2D eigenvalue weighted by Crippen LogP contribution is -2.23. The zero-order valence-electron chi connectivity index (χ0n) is 16.8. The number of aromatic nitrogens is 3. The number of nitrogens with zero attached hydrogens (tertiary/aromatic N) is 4. The molecule has 0 saturated carbocycles. The van der Waals surface area contributed by atoms with E-state index in [1.165, 1.54) is 0 Å². The second kappa shape index (κ2) is 7.87. The SMILES string of the molecule is COc1ccc(/C=N/NC(=O)Cn2c3ccccc3c3nc4ccccc4nc32)cc1. The summed E-state index contributed by atoms with van der Waals surface area (Å²) < 4.78 is 7.02. The third-order valence-electron chi connectivity index (χ3n) is 5.08. The molecule has 7 nitrogen and oxygen atoms in total. The van der Waals surface area contributed by atoms with Crippen molar-refractivity contribution in [2.24, 2.45) is 5.10 Å². The molecule has 31 heavy (non-hydrogen) atoms. The monoisotopic (exact) mass is 409 g/mol. The molecule has 0 aliphatic carbocycles. The van der Waals surface area contributed by atoms with Gasteiger partial charge in [-0.25, -0.2) is 15.4 Å². The molecule has 5 aromatic rings. The van der Waals surface area contributed by atoms with Crippen LogP contribution in [-0.2, 0) is 11.3 Å². The van der Waals surface area contributed by atoms with Gasteiger partial charge in [0.1, 0.15) is 17.8 Å². The molecular weight excluding hydrogens is 390 g/mol. The highest BCUT2D eigenvalue weighted by Gasteiger charge is 2.16. The van der Waals surface area contributed by atoms with Crippen LogP contribution in [0, 0.1) is 0 Å². The van der Waals surface area contributed by atoms with E-state index in [2.05, 4.69) is 10.5 Å². The molecule has 0 spiro atoms. The van der Waals surface area contributed by atoms with E-state index in [-0.39, 0.29) is 12.5 Å². The number of nitrogens with one attached hydrogen (secondary N) is 1.